The van der Waals surface area contributed by atoms with Crippen LogP contribution < -0.4 is 5.32 Å². The van der Waals surface area contributed by atoms with Crippen molar-refractivity contribution < 1.29 is 9.59 Å². The highest BCUT2D eigenvalue weighted by Crippen LogP contribution is 2.26. The molecule has 1 N–H and O–H groups in total. The van der Waals surface area contributed by atoms with E-state index in [-0.39, 0.29) is 11.9 Å². The van der Waals surface area contributed by atoms with Crippen LogP contribution in [0.1, 0.15) is 44.1 Å². The maximum Gasteiger partial charge on any atom is 0.318 e. The van der Waals surface area contributed by atoms with Crippen LogP contribution in [0.5, 0.6) is 0 Å². The Labute approximate surface area is 144 Å². The molecular weight excluding hydrogens is 302 g/mol. The molecule has 2 aliphatic rings. The van der Waals surface area contributed by atoms with Gasteiger partial charge in [-0.25, -0.2) is 4.79 Å². The molecule has 5 nitrogen and oxygen atoms in total. The Morgan fingerprint density at radius 2 is 1.75 bits per heavy atom. The first kappa shape index (κ1) is 16.8. The Morgan fingerprint density at radius 3 is 2.46 bits per heavy atom. The number of carbonyl (C=O) groups is 2. The van der Waals surface area contributed by atoms with Gasteiger partial charge in [-0.2, -0.15) is 0 Å². The molecule has 2 atom stereocenters. The summed E-state index contributed by atoms with van der Waals surface area (Å²) in [5, 5.41) is 2.89. The molecule has 2 saturated heterocycles. The van der Waals surface area contributed by atoms with Crippen molar-refractivity contribution in [1.29, 1.82) is 0 Å². The van der Waals surface area contributed by atoms with Crippen LogP contribution in [0.3, 0.4) is 0 Å². The Morgan fingerprint density at radius 1 is 1.04 bits per heavy atom. The number of benzene rings is 1. The van der Waals surface area contributed by atoms with Crippen molar-refractivity contribution in [2.24, 2.45) is 0 Å². The van der Waals surface area contributed by atoms with Gasteiger partial charge in [-0.15, -0.1) is 0 Å². The molecule has 5 heteroatoms. The van der Waals surface area contributed by atoms with Crippen LogP contribution in [0.25, 0.3) is 0 Å². The minimum Gasteiger partial charge on any atom is -0.341 e. The number of carbonyl (C=O) groups excluding carboxylic acids is 2. The van der Waals surface area contributed by atoms with Gasteiger partial charge in [0.1, 0.15) is 6.04 Å². The van der Waals surface area contributed by atoms with E-state index >= 15 is 0 Å². The number of nitrogens with zero attached hydrogens (tertiary/aromatic N) is 2. The summed E-state index contributed by atoms with van der Waals surface area (Å²) in [6.07, 6.45) is 4.31. The fraction of sp³-hybridized carbons (Fsp3) is 0.579. The van der Waals surface area contributed by atoms with Gasteiger partial charge in [0.2, 0.25) is 5.91 Å². The Hall–Kier alpha value is -2.04. The lowest BCUT2D eigenvalue weighted by molar-refractivity contribution is -0.133. The molecule has 1 aromatic rings. The molecule has 2 heterocycles. The lowest BCUT2D eigenvalue weighted by atomic mass is 9.99. The van der Waals surface area contributed by atoms with Gasteiger partial charge in [0.05, 0.1) is 0 Å². The van der Waals surface area contributed by atoms with Gasteiger partial charge in [0.25, 0.3) is 0 Å². The average Bonchev–Trinajstić information content (AvgIpc) is 3.13. The van der Waals surface area contributed by atoms with E-state index in [4.69, 9.17) is 0 Å². The summed E-state index contributed by atoms with van der Waals surface area (Å²) in [4.78, 5) is 28.6. The highest BCUT2D eigenvalue weighted by molar-refractivity contribution is 5.86. The maximum atomic E-state index is 12.5. The van der Waals surface area contributed by atoms with E-state index in [2.05, 4.69) is 17.4 Å². The molecule has 2 unspecified atom stereocenters. The van der Waals surface area contributed by atoms with E-state index in [1.807, 2.05) is 28.0 Å². The normalized spacial score (nSPS) is 22.3. The summed E-state index contributed by atoms with van der Waals surface area (Å²) in [6.45, 7) is 4.90. The standard InChI is InChI=1S/C19H27N3O2/c1-15(18(23)21-11-6-3-7-12-21)20-19(24)22-13-10-17(14-22)16-8-4-2-5-9-16/h2,4-5,8-9,15,17H,3,6-7,10-14H2,1H3,(H,20,24). The first-order valence-corrected chi connectivity index (χ1v) is 9.04. The number of amides is 3. The van der Waals surface area contributed by atoms with Crippen molar-refractivity contribution >= 4 is 11.9 Å². The molecule has 2 fully saturated rings. The summed E-state index contributed by atoms with van der Waals surface area (Å²) in [5.74, 6) is 0.437. The van der Waals surface area contributed by atoms with Crippen LogP contribution >= 0.6 is 0 Å². The van der Waals surface area contributed by atoms with Gasteiger partial charge in [0, 0.05) is 32.1 Å². The molecule has 1 aromatic carbocycles. The smallest absolute Gasteiger partial charge is 0.318 e. The van der Waals surface area contributed by atoms with Crippen molar-refractivity contribution in [3.63, 3.8) is 0 Å². The number of piperidine rings is 1. The molecular formula is C19H27N3O2. The zero-order valence-corrected chi connectivity index (χ0v) is 14.4. The number of nitrogens with one attached hydrogen (secondary N) is 1. The largest absolute Gasteiger partial charge is 0.341 e. The van der Waals surface area contributed by atoms with Crippen LogP contribution in [0.4, 0.5) is 4.79 Å². The Bertz CT molecular complexity index is 569. The van der Waals surface area contributed by atoms with Crippen molar-refractivity contribution in [2.45, 2.75) is 44.6 Å². The Kier molecular flexibility index (Phi) is 5.38. The number of rotatable bonds is 3. The highest BCUT2D eigenvalue weighted by atomic mass is 16.2. The lowest BCUT2D eigenvalue weighted by Crippen LogP contribution is -2.51. The third-order valence-corrected chi connectivity index (χ3v) is 5.12. The summed E-state index contributed by atoms with van der Waals surface area (Å²) >= 11 is 0. The van der Waals surface area contributed by atoms with Crippen molar-refractivity contribution in [3.8, 4) is 0 Å². The number of hydrogen-bond donors (Lipinski definition) is 1. The predicted octanol–water partition coefficient (Wildman–Crippen LogP) is 2.59. The van der Waals surface area contributed by atoms with Crippen LogP contribution in [0.2, 0.25) is 0 Å². The fourth-order valence-corrected chi connectivity index (χ4v) is 3.67. The molecule has 2 aliphatic heterocycles. The molecule has 130 valence electrons. The summed E-state index contributed by atoms with van der Waals surface area (Å²) in [7, 11) is 0. The van der Waals surface area contributed by atoms with E-state index in [0.717, 1.165) is 45.4 Å². The van der Waals surface area contributed by atoms with E-state index in [0.29, 0.717) is 5.92 Å². The molecule has 0 saturated carbocycles. The fourth-order valence-electron chi connectivity index (χ4n) is 3.67. The monoisotopic (exact) mass is 329 g/mol. The quantitative estimate of drug-likeness (QED) is 0.927. The average molecular weight is 329 g/mol. The van der Waals surface area contributed by atoms with Crippen LogP contribution in [-0.4, -0.2) is 54.0 Å². The SMILES string of the molecule is CC(NC(=O)N1CCC(c2ccccc2)C1)C(=O)N1CCCCC1. The summed E-state index contributed by atoms with van der Waals surface area (Å²) < 4.78 is 0. The minimum atomic E-state index is -0.452. The summed E-state index contributed by atoms with van der Waals surface area (Å²) in [6, 6.07) is 9.76. The third kappa shape index (κ3) is 3.89. The zero-order valence-electron chi connectivity index (χ0n) is 14.4. The first-order valence-electron chi connectivity index (χ1n) is 9.04. The summed E-state index contributed by atoms with van der Waals surface area (Å²) in [5.41, 5.74) is 1.28. The van der Waals surface area contributed by atoms with Crippen LogP contribution in [-0.2, 0) is 4.79 Å². The molecule has 24 heavy (non-hydrogen) atoms. The van der Waals surface area contributed by atoms with Crippen LogP contribution in [0, 0.1) is 0 Å². The van der Waals surface area contributed by atoms with E-state index < -0.39 is 6.04 Å². The molecule has 3 rings (SSSR count). The van der Waals surface area contributed by atoms with Gasteiger partial charge in [-0.05, 0) is 38.2 Å². The second kappa shape index (κ2) is 7.69. The van der Waals surface area contributed by atoms with Gasteiger partial charge < -0.3 is 15.1 Å². The Balaban J connectivity index is 1.51. The zero-order chi connectivity index (χ0) is 16.9. The van der Waals surface area contributed by atoms with E-state index in [1.54, 1.807) is 6.92 Å². The predicted molar refractivity (Wildman–Crippen MR) is 93.8 cm³/mol. The third-order valence-electron chi connectivity index (χ3n) is 5.12. The topological polar surface area (TPSA) is 52.7 Å². The molecule has 0 spiro atoms. The van der Waals surface area contributed by atoms with Gasteiger partial charge in [0.15, 0.2) is 0 Å². The van der Waals surface area contributed by atoms with Crippen LogP contribution in [0.15, 0.2) is 30.3 Å². The maximum absolute atomic E-state index is 12.5. The van der Waals surface area contributed by atoms with E-state index in [9.17, 15) is 9.59 Å². The minimum absolute atomic E-state index is 0.0434. The highest BCUT2D eigenvalue weighted by Gasteiger charge is 2.30. The van der Waals surface area contributed by atoms with Crippen molar-refractivity contribution in [2.75, 3.05) is 26.2 Å². The molecule has 3 amide bonds. The van der Waals surface area contributed by atoms with Crippen molar-refractivity contribution in [3.05, 3.63) is 35.9 Å². The second-order valence-electron chi connectivity index (χ2n) is 6.90. The van der Waals surface area contributed by atoms with Gasteiger partial charge >= 0.3 is 6.03 Å². The van der Waals surface area contributed by atoms with Gasteiger partial charge in [-0.1, -0.05) is 30.3 Å². The molecule has 0 aliphatic carbocycles. The molecule has 0 radical (unpaired) electrons. The number of likely N-dealkylation sites (tertiary alicyclic amines) is 2. The van der Waals surface area contributed by atoms with E-state index in [1.165, 1.54) is 12.0 Å². The van der Waals surface area contributed by atoms with Gasteiger partial charge in [-0.3, -0.25) is 4.79 Å². The molecule has 0 bridgehead atoms. The second-order valence-corrected chi connectivity index (χ2v) is 6.90. The number of urea groups is 1. The first-order chi connectivity index (χ1) is 11.6. The number of hydrogen-bond acceptors (Lipinski definition) is 2. The molecule has 0 aromatic heterocycles. The van der Waals surface area contributed by atoms with Crippen molar-refractivity contribution in [1.82, 2.24) is 15.1 Å². The lowest BCUT2D eigenvalue weighted by Gasteiger charge is -2.30.